The number of aromatic nitrogens is 1. The van der Waals surface area contributed by atoms with Crippen molar-refractivity contribution in [3.63, 3.8) is 0 Å². The Morgan fingerprint density at radius 1 is 1.58 bits per heavy atom. The van der Waals surface area contributed by atoms with E-state index in [9.17, 15) is 0 Å². The summed E-state index contributed by atoms with van der Waals surface area (Å²) in [6, 6.07) is 3.64. The van der Waals surface area contributed by atoms with Crippen molar-refractivity contribution in [3.05, 3.63) is 22.8 Å². The van der Waals surface area contributed by atoms with Gasteiger partial charge in [0.05, 0.1) is 7.11 Å². The van der Waals surface area contributed by atoms with Gasteiger partial charge in [0.25, 0.3) is 0 Å². The minimum atomic E-state index is 0.451. The average molecular weight is 187 g/mol. The number of methoxy groups -OCH3 is 1. The van der Waals surface area contributed by atoms with Crippen molar-refractivity contribution in [1.82, 2.24) is 10.3 Å². The highest BCUT2D eigenvalue weighted by molar-refractivity contribution is 6.29. The van der Waals surface area contributed by atoms with E-state index in [1.165, 1.54) is 0 Å². The number of nitrogens with one attached hydrogen (secondary N) is 1. The molecule has 1 aromatic heterocycles. The molecule has 66 valence electrons. The van der Waals surface area contributed by atoms with Crippen LogP contribution in [0.15, 0.2) is 12.1 Å². The first-order valence-electron chi connectivity index (χ1n) is 3.62. The summed E-state index contributed by atoms with van der Waals surface area (Å²) in [5.74, 6) is 0.580. The molecule has 0 aliphatic carbocycles. The maximum absolute atomic E-state index is 5.68. The van der Waals surface area contributed by atoms with Crippen molar-refractivity contribution in [2.75, 3.05) is 14.2 Å². The average Bonchev–Trinajstić information content (AvgIpc) is 2.08. The zero-order chi connectivity index (χ0) is 8.97. The van der Waals surface area contributed by atoms with Crippen LogP contribution in [0, 0.1) is 0 Å². The van der Waals surface area contributed by atoms with E-state index >= 15 is 0 Å². The van der Waals surface area contributed by atoms with Crippen LogP contribution in [-0.4, -0.2) is 19.1 Å². The molecule has 1 rings (SSSR count). The van der Waals surface area contributed by atoms with Crippen LogP contribution in [0.4, 0.5) is 0 Å². The fourth-order valence-corrected chi connectivity index (χ4v) is 1.09. The summed E-state index contributed by atoms with van der Waals surface area (Å²) in [6.07, 6.45) is 0. The minimum Gasteiger partial charge on any atom is -0.481 e. The lowest BCUT2D eigenvalue weighted by atomic mass is 10.3. The third-order valence-electron chi connectivity index (χ3n) is 1.47. The number of ether oxygens (including phenoxy) is 1. The van der Waals surface area contributed by atoms with Gasteiger partial charge >= 0.3 is 0 Å². The molecule has 0 unspecified atom stereocenters. The molecule has 0 fully saturated rings. The van der Waals surface area contributed by atoms with Crippen molar-refractivity contribution >= 4 is 11.6 Å². The SMILES string of the molecule is CNCc1ccc(Cl)nc1OC. The number of hydrogen-bond acceptors (Lipinski definition) is 3. The highest BCUT2D eigenvalue weighted by atomic mass is 35.5. The molecular formula is C8H11ClN2O. The van der Waals surface area contributed by atoms with E-state index in [0.29, 0.717) is 11.0 Å². The maximum Gasteiger partial charge on any atom is 0.219 e. The highest BCUT2D eigenvalue weighted by Gasteiger charge is 2.03. The molecule has 0 aliphatic rings. The number of nitrogens with zero attached hydrogens (tertiary/aromatic N) is 1. The van der Waals surface area contributed by atoms with Gasteiger partial charge in [-0.05, 0) is 19.2 Å². The Labute approximate surface area is 76.7 Å². The van der Waals surface area contributed by atoms with E-state index < -0.39 is 0 Å². The van der Waals surface area contributed by atoms with Crippen LogP contribution in [0.1, 0.15) is 5.56 Å². The van der Waals surface area contributed by atoms with Crippen LogP contribution in [-0.2, 0) is 6.54 Å². The van der Waals surface area contributed by atoms with Gasteiger partial charge in [0.2, 0.25) is 5.88 Å². The van der Waals surface area contributed by atoms with Gasteiger partial charge in [-0.1, -0.05) is 11.6 Å². The fraction of sp³-hybridized carbons (Fsp3) is 0.375. The van der Waals surface area contributed by atoms with E-state index in [1.54, 1.807) is 13.2 Å². The molecule has 4 heteroatoms. The zero-order valence-corrected chi connectivity index (χ0v) is 7.85. The molecule has 3 nitrogen and oxygen atoms in total. The van der Waals surface area contributed by atoms with Crippen LogP contribution in [0.25, 0.3) is 0 Å². The van der Waals surface area contributed by atoms with Gasteiger partial charge in [-0.25, -0.2) is 4.98 Å². The molecule has 1 aromatic rings. The number of halogens is 1. The molecule has 1 N–H and O–H groups in total. The van der Waals surface area contributed by atoms with Gasteiger partial charge < -0.3 is 10.1 Å². The number of hydrogen-bond donors (Lipinski definition) is 1. The summed E-state index contributed by atoms with van der Waals surface area (Å²) < 4.78 is 5.04. The zero-order valence-electron chi connectivity index (χ0n) is 7.10. The summed E-state index contributed by atoms with van der Waals surface area (Å²) in [6.45, 7) is 0.730. The monoisotopic (exact) mass is 186 g/mol. The fourth-order valence-electron chi connectivity index (χ4n) is 0.948. The number of pyridine rings is 1. The van der Waals surface area contributed by atoms with Crippen LogP contribution >= 0.6 is 11.6 Å². The first kappa shape index (κ1) is 9.29. The van der Waals surface area contributed by atoms with Crippen molar-refractivity contribution in [3.8, 4) is 5.88 Å². The Morgan fingerprint density at radius 3 is 2.92 bits per heavy atom. The molecule has 0 bridgehead atoms. The lowest BCUT2D eigenvalue weighted by Crippen LogP contribution is -2.07. The van der Waals surface area contributed by atoms with Crippen molar-refractivity contribution in [2.45, 2.75) is 6.54 Å². The van der Waals surface area contributed by atoms with Crippen LogP contribution in [0.5, 0.6) is 5.88 Å². The molecule has 0 radical (unpaired) electrons. The van der Waals surface area contributed by atoms with E-state index in [1.807, 2.05) is 13.1 Å². The first-order chi connectivity index (χ1) is 5.77. The third-order valence-corrected chi connectivity index (χ3v) is 1.68. The predicted molar refractivity (Wildman–Crippen MR) is 48.6 cm³/mol. The Bertz CT molecular complexity index is 265. The van der Waals surface area contributed by atoms with Crippen LogP contribution in [0.3, 0.4) is 0 Å². The molecule has 12 heavy (non-hydrogen) atoms. The van der Waals surface area contributed by atoms with Gasteiger partial charge in [0, 0.05) is 12.1 Å². The van der Waals surface area contributed by atoms with E-state index in [4.69, 9.17) is 16.3 Å². The molecule has 0 saturated carbocycles. The Hall–Kier alpha value is -0.800. The van der Waals surface area contributed by atoms with Gasteiger partial charge in [0.15, 0.2) is 0 Å². The van der Waals surface area contributed by atoms with Gasteiger partial charge in [-0.15, -0.1) is 0 Å². The standard InChI is InChI=1S/C8H11ClN2O/c1-10-5-6-3-4-7(9)11-8(6)12-2/h3-4,10H,5H2,1-2H3. The van der Waals surface area contributed by atoms with Crippen molar-refractivity contribution in [2.24, 2.45) is 0 Å². The number of rotatable bonds is 3. The molecule has 0 amide bonds. The summed E-state index contributed by atoms with van der Waals surface area (Å²) >= 11 is 5.68. The maximum atomic E-state index is 5.68. The minimum absolute atomic E-state index is 0.451. The molecule has 0 aromatic carbocycles. The lowest BCUT2D eigenvalue weighted by molar-refractivity contribution is 0.391. The second-order valence-corrected chi connectivity index (χ2v) is 2.72. The second kappa shape index (κ2) is 4.28. The molecule has 0 atom stereocenters. The van der Waals surface area contributed by atoms with E-state index in [2.05, 4.69) is 10.3 Å². The Kier molecular flexibility index (Phi) is 3.31. The third kappa shape index (κ3) is 2.09. The van der Waals surface area contributed by atoms with Gasteiger partial charge in [-0.3, -0.25) is 0 Å². The largest absolute Gasteiger partial charge is 0.481 e. The normalized spacial score (nSPS) is 9.92. The van der Waals surface area contributed by atoms with Crippen molar-refractivity contribution < 1.29 is 4.74 Å². The molecular weight excluding hydrogens is 176 g/mol. The molecule has 0 saturated heterocycles. The Balaban J connectivity index is 2.94. The second-order valence-electron chi connectivity index (χ2n) is 2.33. The highest BCUT2D eigenvalue weighted by Crippen LogP contribution is 2.17. The summed E-state index contributed by atoms with van der Waals surface area (Å²) in [5.41, 5.74) is 1.00. The summed E-state index contributed by atoms with van der Waals surface area (Å²) in [4.78, 5) is 4.01. The molecule has 0 spiro atoms. The quantitative estimate of drug-likeness (QED) is 0.726. The first-order valence-corrected chi connectivity index (χ1v) is 3.99. The smallest absolute Gasteiger partial charge is 0.219 e. The lowest BCUT2D eigenvalue weighted by Gasteiger charge is -2.06. The van der Waals surface area contributed by atoms with E-state index in [-0.39, 0.29) is 0 Å². The summed E-state index contributed by atoms with van der Waals surface area (Å²) in [5, 5.41) is 3.47. The van der Waals surface area contributed by atoms with E-state index in [0.717, 1.165) is 12.1 Å². The van der Waals surface area contributed by atoms with Crippen LogP contribution in [0.2, 0.25) is 5.15 Å². The van der Waals surface area contributed by atoms with Gasteiger partial charge in [0.1, 0.15) is 5.15 Å². The Morgan fingerprint density at radius 2 is 2.33 bits per heavy atom. The van der Waals surface area contributed by atoms with Crippen LogP contribution < -0.4 is 10.1 Å². The van der Waals surface area contributed by atoms with Gasteiger partial charge in [-0.2, -0.15) is 0 Å². The summed E-state index contributed by atoms with van der Waals surface area (Å²) in [7, 11) is 3.45. The molecule has 0 aliphatic heterocycles. The topological polar surface area (TPSA) is 34.2 Å². The predicted octanol–water partition coefficient (Wildman–Crippen LogP) is 1.46. The molecule has 1 heterocycles. The van der Waals surface area contributed by atoms with Crippen molar-refractivity contribution in [1.29, 1.82) is 0 Å².